The summed E-state index contributed by atoms with van der Waals surface area (Å²) in [6.07, 6.45) is 0. The van der Waals surface area contributed by atoms with E-state index in [1.54, 1.807) is 12.1 Å². The molecule has 0 aromatic heterocycles. The summed E-state index contributed by atoms with van der Waals surface area (Å²) < 4.78 is 0. The van der Waals surface area contributed by atoms with E-state index in [-0.39, 0.29) is 17.5 Å². The highest BCUT2D eigenvalue weighted by atomic mass is 16.3. The van der Waals surface area contributed by atoms with Crippen LogP contribution in [0.5, 0.6) is 11.5 Å². The van der Waals surface area contributed by atoms with Crippen molar-refractivity contribution in [3.8, 4) is 11.5 Å². The molecule has 0 bridgehead atoms. The Hall–Kier alpha value is -1.26. The third-order valence-corrected chi connectivity index (χ3v) is 3.26. The third-order valence-electron chi connectivity index (χ3n) is 3.26. The number of phenols is 2. The zero-order valence-electron chi connectivity index (χ0n) is 12.5. The van der Waals surface area contributed by atoms with E-state index in [9.17, 15) is 10.2 Å². The van der Waals surface area contributed by atoms with Gasteiger partial charge < -0.3 is 20.4 Å². The number of benzene rings is 1. The van der Waals surface area contributed by atoms with Gasteiger partial charge in [0.05, 0.1) is 0 Å². The van der Waals surface area contributed by atoms with Gasteiger partial charge in [0.2, 0.25) is 0 Å². The van der Waals surface area contributed by atoms with E-state index in [0.29, 0.717) is 12.0 Å². The second-order valence-electron chi connectivity index (χ2n) is 5.78. The van der Waals surface area contributed by atoms with E-state index < -0.39 is 0 Å². The summed E-state index contributed by atoms with van der Waals surface area (Å²) in [5, 5.41) is 22.6. The van der Waals surface area contributed by atoms with Crippen molar-refractivity contribution >= 4 is 0 Å². The van der Waals surface area contributed by atoms with Crippen LogP contribution in [0.3, 0.4) is 0 Å². The monoisotopic (exact) mass is 266 g/mol. The van der Waals surface area contributed by atoms with Crippen molar-refractivity contribution in [3.63, 3.8) is 0 Å². The molecule has 2 unspecified atom stereocenters. The maximum atomic E-state index is 9.54. The lowest BCUT2D eigenvalue weighted by molar-refractivity contribution is 0.273. The van der Waals surface area contributed by atoms with E-state index >= 15 is 0 Å². The number of phenolic OH excluding ortho intramolecular Hbond substituents is 2. The number of likely N-dealkylation sites (N-methyl/N-ethyl adjacent to an activating group) is 1. The first-order chi connectivity index (χ1) is 8.79. The Balaban J connectivity index is 2.78. The number of aromatic hydroxyl groups is 2. The van der Waals surface area contributed by atoms with E-state index in [2.05, 4.69) is 38.2 Å². The summed E-state index contributed by atoms with van der Waals surface area (Å²) in [6.45, 7) is 7.37. The molecule has 0 aliphatic heterocycles. The highest BCUT2D eigenvalue weighted by molar-refractivity contribution is 5.37. The van der Waals surface area contributed by atoms with Gasteiger partial charge in [-0.15, -0.1) is 0 Å². The van der Waals surface area contributed by atoms with Crippen molar-refractivity contribution < 1.29 is 10.2 Å². The van der Waals surface area contributed by atoms with Crippen LogP contribution in [-0.4, -0.2) is 41.8 Å². The van der Waals surface area contributed by atoms with Crippen molar-refractivity contribution in [2.75, 3.05) is 20.6 Å². The fourth-order valence-corrected chi connectivity index (χ4v) is 2.13. The van der Waals surface area contributed by atoms with Crippen molar-refractivity contribution in [2.24, 2.45) is 5.92 Å². The first-order valence-corrected chi connectivity index (χ1v) is 6.73. The number of hydrogen-bond donors (Lipinski definition) is 3. The molecule has 19 heavy (non-hydrogen) atoms. The van der Waals surface area contributed by atoms with Gasteiger partial charge in [0.15, 0.2) is 0 Å². The lowest BCUT2D eigenvalue weighted by Crippen LogP contribution is -2.43. The van der Waals surface area contributed by atoms with Gasteiger partial charge in [-0.1, -0.05) is 13.8 Å². The number of nitrogens with one attached hydrogen (secondary N) is 1. The summed E-state index contributed by atoms with van der Waals surface area (Å²) in [6, 6.07) is 5.14. The van der Waals surface area contributed by atoms with Crippen LogP contribution < -0.4 is 5.32 Å². The molecular weight excluding hydrogens is 240 g/mol. The van der Waals surface area contributed by atoms with Gasteiger partial charge in [0.1, 0.15) is 11.5 Å². The Morgan fingerprint density at radius 3 is 2.00 bits per heavy atom. The zero-order chi connectivity index (χ0) is 14.6. The maximum absolute atomic E-state index is 9.54. The van der Waals surface area contributed by atoms with E-state index in [4.69, 9.17) is 0 Å². The average molecular weight is 266 g/mol. The van der Waals surface area contributed by atoms with Gasteiger partial charge >= 0.3 is 0 Å². The molecular formula is C15H26N2O2. The summed E-state index contributed by atoms with van der Waals surface area (Å²) in [5.74, 6) is 0.700. The van der Waals surface area contributed by atoms with Crippen molar-refractivity contribution in [1.82, 2.24) is 10.2 Å². The van der Waals surface area contributed by atoms with Gasteiger partial charge in [0, 0.05) is 24.7 Å². The van der Waals surface area contributed by atoms with Crippen molar-refractivity contribution in [2.45, 2.75) is 32.9 Å². The number of rotatable bonds is 6. The summed E-state index contributed by atoms with van der Waals surface area (Å²) in [4.78, 5) is 2.16. The first kappa shape index (κ1) is 15.8. The second-order valence-corrected chi connectivity index (χ2v) is 5.78. The van der Waals surface area contributed by atoms with Gasteiger partial charge in [-0.05, 0) is 44.6 Å². The molecule has 2 atom stereocenters. The van der Waals surface area contributed by atoms with Crippen LogP contribution in [0.15, 0.2) is 18.2 Å². The molecule has 108 valence electrons. The Labute approximate surface area is 116 Å². The number of hydrogen-bond acceptors (Lipinski definition) is 4. The van der Waals surface area contributed by atoms with Crippen LogP contribution in [0, 0.1) is 5.92 Å². The fraction of sp³-hybridized carbons (Fsp3) is 0.600. The predicted octanol–water partition coefficient (Wildman–Crippen LogP) is 2.33. The van der Waals surface area contributed by atoms with Gasteiger partial charge in [-0.2, -0.15) is 0 Å². The van der Waals surface area contributed by atoms with Crippen LogP contribution in [-0.2, 0) is 0 Å². The van der Waals surface area contributed by atoms with Crippen molar-refractivity contribution in [3.05, 3.63) is 23.8 Å². The van der Waals surface area contributed by atoms with Crippen LogP contribution in [0.25, 0.3) is 0 Å². The molecule has 0 aliphatic carbocycles. The molecule has 0 aliphatic rings. The maximum Gasteiger partial charge on any atom is 0.119 e. The summed E-state index contributed by atoms with van der Waals surface area (Å²) >= 11 is 0. The Kier molecular flexibility index (Phi) is 5.63. The molecule has 1 aromatic rings. The molecule has 3 N–H and O–H groups in total. The van der Waals surface area contributed by atoms with Crippen LogP contribution in [0.4, 0.5) is 0 Å². The minimum Gasteiger partial charge on any atom is -0.508 e. The summed E-state index contributed by atoms with van der Waals surface area (Å²) in [7, 11) is 4.11. The lowest BCUT2D eigenvalue weighted by Gasteiger charge is -2.29. The van der Waals surface area contributed by atoms with Crippen molar-refractivity contribution in [1.29, 1.82) is 0 Å². The molecule has 1 rings (SSSR count). The lowest BCUT2D eigenvalue weighted by atomic mass is 10.0. The normalized spacial score (nSPS) is 14.9. The highest BCUT2D eigenvalue weighted by Crippen LogP contribution is 2.25. The third kappa shape index (κ3) is 5.09. The minimum absolute atomic E-state index is 0.0744. The van der Waals surface area contributed by atoms with Gasteiger partial charge in [-0.3, -0.25) is 0 Å². The molecule has 0 spiro atoms. The number of nitrogens with zero attached hydrogens (tertiary/aromatic N) is 1. The largest absolute Gasteiger partial charge is 0.508 e. The molecule has 0 amide bonds. The molecule has 0 heterocycles. The Bertz CT molecular complexity index is 385. The quantitative estimate of drug-likeness (QED) is 0.740. The van der Waals surface area contributed by atoms with Gasteiger partial charge in [0.25, 0.3) is 0 Å². The molecule has 1 aromatic carbocycles. The topological polar surface area (TPSA) is 55.7 Å². The summed E-state index contributed by atoms with van der Waals surface area (Å²) in [5.41, 5.74) is 0.891. The molecule has 0 saturated carbocycles. The second kappa shape index (κ2) is 6.78. The zero-order valence-corrected chi connectivity index (χ0v) is 12.5. The molecule has 0 radical (unpaired) electrons. The van der Waals surface area contributed by atoms with Crippen LogP contribution >= 0.6 is 0 Å². The molecule has 0 fully saturated rings. The van der Waals surface area contributed by atoms with Crippen LogP contribution in [0.1, 0.15) is 32.4 Å². The first-order valence-electron chi connectivity index (χ1n) is 6.73. The smallest absolute Gasteiger partial charge is 0.119 e. The van der Waals surface area contributed by atoms with Gasteiger partial charge in [-0.25, -0.2) is 0 Å². The van der Waals surface area contributed by atoms with E-state index in [0.717, 1.165) is 12.1 Å². The highest BCUT2D eigenvalue weighted by Gasteiger charge is 2.18. The minimum atomic E-state index is 0.0744. The SMILES string of the molecule is CC(NC(CN(C)C)C(C)C)c1cc(O)cc(O)c1. The predicted molar refractivity (Wildman–Crippen MR) is 78.5 cm³/mol. The Morgan fingerprint density at radius 1 is 1.05 bits per heavy atom. The molecule has 0 saturated heterocycles. The van der Waals surface area contributed by atoms with Crippen LogP contribution in [0.2, 0.25) is 0 Å². The van der Waals surface area contributed by atoms with E-state index in [1.807, 2.05) is 6.92 Å². The van der Waals surface area contributed by atoms with E-state index in [1.165, 1.54) is 6.07 Å². The average Bonchev–Trinajstić information content (AvgIpc) is 2.25. The fourth-order valence-electron chi connectivity index (χ4n) is 2.13. The molecule has 4 heteroatoms. The Morgan fingerprint density at radius 2 is 1.58 bits per heavy atom. The standard InChI is InChI=1S/C15H26N2O2/c1-10(2)15(9-17(4)5)16-11(3)12-6-13(18)8-14(19)7-12/h6-8,10-11,15-16,18-19H,9H2,1-5H3. The molecule has 4 nitrogen and oxygen atoms in total.